The molecule has 0 fully saturated rings. The van der Waals surface area contributed by atoms with Gasteiger partial charge in [0.1, 0.15) is 0 Å². The molecule has 0 spiro atoms. The Labute approximate surface area is 145 Å². The second-order valence-electron chi connectivity index (χ2n) is 5.64. The van der Waals surface area contributed by atoms with E-state index in [1.807, 2.05) is 42.5 Å². The number of hydrogen-bond donors (Lipinski definition) is 0. The van der Waals surface area contributed by atoms with Gasteiger partial charge in [-0.25, -0.2) is 9.59 Å². The summed E-state index contributed by atoms with van der Waals surface area (Å²) < 4.78 is 10.0. The van der Waals surface area contributed by atoms with Crippen molar-refractivity contribution in [1.29, 1.82) is 0 Å². The second-order valence-corrected chi connectivity index (χ2v) is 5.64. The van der Waals surface area contributed by atoms with E-state index in [-0.39, 0.29) is 19.6 Å². The highest BCUT2D eigenvalue weighted by Crippen LogP contribution is 2.31. The van der Waals surface area contributed by atoms with Crippen molar-refractivity contribution in [2.24, 2.45) is 5.16 Å². The Hall–Kier alpha value is -2.89. The lowest BCUT2D eigenvalue weighted by Crippen LogP contribution is -2.49. The molecule has 25 heavy (non-hydrogen) atoms. The van der Waals surface area contributed by atoms with Crippen LogP contribution in [0.1, 0.15) is 25.8 Å². The molecule has 0 saturated carbocycles. The minimum absolute atomic E-state index is 0.0248. The number of oxime groups is 1. The molecule has 0 atom stereocenters. The van der Waals surface area contributed by atoms with E-state index in [9.17, 15) is 9.59 Å². The normalized spacial score (nSPS) is 15.4. The van der Waals surface area contributed by atoms with Crippen molar-refractivity contribution in [1.82, 2.24) is 0 Å². The number of benzene rings is 2. The van der Waals surface area contributed by atoms with Crippen LogP contribution in [0.5, 0.6) is 0 Å². The van der Waals surface area contributed by atoms with Crippen LogP contribution in [0.25, 0.3) is 10.8 Å². The van der Waals surface area contributed by atoms with Crippen molar-refractivity contribution >= 4 is 28.4 Å². The van der Waals surface area contributed by atoms with Crippen molar-refractivity contribution < 1.29 is 23.9 Å². The van der Waals surface area contributed by atoms with Crippen molar-refractivity contribution in [3.63, 3.8) is 0 Å². The number of ether oxygens (including phenoxy) is 2. The van der Waals surface area contributed by atoms with Crippen LogP contribution in [0, 0.1) is 0 Å². The van der Waals surface area contributed by atoms with Gasteiger partial charge >= 0.3 is 17.5 Å². The highest BCUT2D eigenvalue weighted by atomic mass is 16.7. The molecule has 0 radical (unpaired) electrons. The van der Waals surface area contributed by atoms with Crippen LogP contribution >= 0.6 is 0 Å². The predicted octanol–water partition coefficient (Wildman–Crippen LogP) is 2.83. The van der Waals surface area contributed by atoms with E-state index < -0.39 is 17.5 Å². The van der Waals surface area contributed by atoms with Crippen molar-refractivity contribution in [3.8, 4) is 0 Å². The van der Waals surface area contributed by atoms with E-state index in [4.69, 9.17) is 14.3 Å². The Balaban J connectivity index is 1.91. The van der Waals surface area contributed by atoms with Crippen LogP contribution in [0.2, 0.25) is 0 Å². The summed E-state index contributed by atoms with van der Waals surface area (Å²) in [6.07, 6.45) is -0.0248. The number of hydrogen-bond acceptors (Lipinski definition) is 6. The molecule has 0 unspecified atom stereocenters. The van der Waals surface area contributed by atoms with Gasteiger partial charge in [-0.3, -0.25) is 0 Å². The molecule has 0 saturated heterocycles. The van der Waals surface area contributed by atoms with Crippen molar-refractivity contribution in [2.45, 2.75) is 25.9 Å². The minimum atomic E-state index is -1.87. The van der Waals surface area contributed by atoms with E-state index in [2.05, 4.69) is 5.16 Å². The van der Waals surface area contributed by atoms with E-state index in [1.165, 1.54) is 0 Å². The molecular formula is C19H19NO5. The predicted molar refractivity (Wildman–Crippen MR) is 92.2 cm³/mol. The molecular weight excluding hydrogens is 322 g/mol. The van der Waals surface area contributed by atoms with Gasteiger partial charge < -0.3 is 14.3 Å². The topological polar surface area (TPSA) is 74.2 Å². The van der Waals surface area contributed by atoms with E-state index >= 15 is 0 Å². The number of nitrogens with zero attached hydrogens (tertiary/aromatic N) is 1. The summed E-state index contributed by atoms with van der Waals surface area (Å²) in [5, 5.41) is 6.11. The number of carbonyl (C=O) groups is 2. The van der Waals surface area contributed by atoms with Crippen LogP contribution < -0.4 is 0 Å². The maximum absolute atomic E-state index is 12.4. The highest BCUT2D eigenvalue weighted by Gasteiger charge is 2.56. The largest absolute Gasteiger partial charge is 0.462 e. The van der Waals surface area contributed by atoms with Crippen LogP contribution in [0.4, 0.5) is 0 Å². The zero-order valence-electron chi connectivity index (χ0n) is 14.2. The molecule has 6 heteroatoms. The Kier molecular flexibility index (Phi) is 4.70. The molecule has 0 amide bonds. The van der Waals surface area contributed by atoms with Crippen molar-refractivity contribution in [3.05, 3.63) is 48.0 Å². The standard InChI is InChI=1S/C19H19NO5/c1-3-23-17(21)19(18(22)24-4-2)12-16(20-25-19)15-10-9-13-7-5-6-8-14(13)11-15/h5-11H,3-4,12H2,1-2H3. The number of rotatable bonds is 5. The van der Waals surface area contributed by atoms with Crippen LogP contribution in [-0.4, -0.2) is 36.5 Å². The molecule has 0 aliphatic carbocycles. The third kappa shape index (κ3) is 3.07. The average molecular weight is 341 g/mol. The minimum Gasteiger partial charge on any atom is -0.462 e. The molecule has 1 aliphatic heterocycles. The molecule has 6 nitrogen and oxygen atoms in total. The fourth-order valence-electron chi connectivity index (χ4n) is 2.75. The highest BCUT2D eigenvalue weighted by molar-refractivity contribution is 6.14. The van der Waals surface area contributed by atoms with Gasteiger partial charge in [-0.2, -0.15) is 0 Å². The quantitative estimate of drug-likeness (QED) is 0.617. The molecule has 0 bridgehead atoms. The Morgan fingerprint density at radius 1 is 1.04 bits per heavy atom. The molecule has 2 aromatic rings. The van der Waals surface area contributed by atoms with E-state index in [0.29, 0.717) is 5.71 Å². The first-order valence-corrected chi connectivity index (χ1v) is 8.19. The van der Waals surface area contributed by atoms with Gasteiger partial charge in [-0.1, -0.05) is 41.6 Å². The first-order chi connectivity index (χ1) is 12.1. The van der Waals surface area contributed by atoms with Gasteiger partial charge in [0.05, 0.1) is 25.3 Å². The van der Waals surface area contributed by atoms with Crippen LogP contribution in [-0.2, 0) is 23.9 Å². The van der Waals surface area contributed by atoms with Crippen molar-refractivity contribution in [2.75, 3.05) is 13.2 Å². The van der Waals surface area contributed by atoms with Gasteiger partial charge in [-0.15, -0.1) is 0 Å². The lowest BCUT2D eigenvalue weighted by atomic mass is 9.93. The summed E-state index contributed by atoms with van der Waals surface area (Å²) >= 11 is 0. The van der Waals surface area contributed by atoms with E-state index in [0.717, 1.165) is 16.3 Å². The first-order valence-electron chi connectivity index (χ1n) is 8.19. The monoisotopic (exact) mass is 341 g/mol. The number of fused-ring (bicyclic) bond motifs is 1. The summed E-state index contributed by atoms with van der Waals surface area (Å²) in [5.41, 5.74) is -0.575. The molecule has 1 heterocycles. The summed E-state index contributed by atoms with van der Waals surface area (Å²) in [5.74, 6) is -1.57. The molecule has 2 aromatic carbocycles. The number of carbonyl (C=O) groups excluding carboxylic acids is 2. The first kappa shape index (κ1) is 17.0. The smallest absolute Gasteiger partial charge is 0.365 e. The fraction of sp³-hybridized carbons (Fsp3) is 0.316. The fourth-order valence-corrected chi connectivity index (χ4v) is 2.75. The maximum Gasteiger partial charge on any atom is 0.365 e. The molecule has 1 aliphatic rings. The van der Waals surface area contributed by atoms with E-state index in [1.54, 1.807) is 13.8 Å². The Morgan fingerprint density at radius 3 is 2.32 bits per heavy atom. The lowest BCUT2D eigenvalue weighted by molar-refractivity contribution is -0.187. The molecule has 3 rings (SSSR count). The van der Waals surface area contributed by atoms with Gasteiger partial charge in [-0.05, 0) is 30.7 Å². The Morgan fingerprint density at radius 2 is 1.68 bits per heavy atom. The van der Waals surface area contributed by atoms with Gasteiger partial charge in [0, 0.05) is 5.56 Å². The van der Waals surface area contributed by atoms with Gasteiger partial charge in [0.25, 0.3) is 0 Å². The SMILES string of the molecule is CCOC(=O)C1(C(=O)OCC)CC(c2ccc3ccccc3c2)=NO1. The van der Waals surface area contributed by atoms with Gasteiger partial charge in [0.2, 0.25) is 0 Å². The molecule has 0 aromatic heterocycles. The lowest BCUT2D eigenvalue weighted by Gasteiger charge is -2.21. The number of esters is 2. The maximum atomic E-state index is 12.4. The van der Waals surface area contributed by atoms with Gasteiger partial charge in [0.15, 0.2) is 0 Å². The molecule has 0 N–H and O–H groups in total. The summed E-state index contributed by atoms with van der Waals surface area (Å²) in [7, 11) is 0. The van der Waals surface area contributed by atoms with Crippen LogP contribution in [0.15, 0.2) is 47.6 Å². The second kappa shape index (κ2) is 6.93. The third-order valence-electron chi connectivity index (χ3n) is 4.02. The zero-order valence-corrected chi connectivity index (χ0v) is 14.2. The Bertz CT molecular complexity index is 825. The third-order valence-corrected chi connectivity index (χ3v) is 4.02. The summed E-state index contributed by atoms with van der Waals surface area (Å²) in [6.45, 7) is 3.59. The molecule has 130 valence electrons. The zero-order chi connectivity index (χ0) is 17.9. The average Bonchev–Trinajstić information content (AvgIpc) is 3.08. The summed E-state index contributed by atoms with van der Waals surface area (Å²) in [4.78, 5) is 30.0. The van der Waals surface area contributed by atoms with Crippen LogP contribution in [0.3, 0.4) is 0 Å². The summed E-state index contributed by atoms with van der Waals surface area (Å²) in [6, 6.07) is 13.7.